The number of carbonyl (C=O) groups excluding carboxylic acids is 2. The highest BCUT2D eigenvalue weighted by Crippen LogP contribution is 2.20. The molecule has 0 aliphatic rings. The summed E-state index contributed by atoms with van der Waals surface area (Å²) < 4.78 is 0.516. The van der Waals surface area contributed by atoms with Gasteiger partial charge in [-0.25, -0.2) is 4.79 Å². The fourth-order valence-corrected chi connectivity index (χ4v) is 1.69. The highest BCUT2D eigenvalue weighted by atomic mass is 79.9. The third-order valence-corrected chi connectivity index (χ3v) is 2.96. The summed E-state index contributed by atoms with van der Waals surface area (Å²) in [5.41, 5.74) is 11.1. The first-order valence-corrected chi connectivity index (χ1v) is 5.97. The lowest BCUT2D eigenvalue weighted by molar-refractivity contribution is -0.140. The van der Waals surface area contributed by atoms with E-state index in [0.29, 0.717) is 10.2 Å². The van der Waals surface area contributed by atoms with Gasteiger partial charge in [-0.2, -0.15) is 0 Å². The van der Waals surface area contributed by atoms with Crippen LogP contribution in [0.4, 0.5) is 5.69 Å². The number of nitrogen functional groups attached to an aromatic ring is 1. The van der Waals surface area contributed by atoms with Crippen molar-refractivity contribution in [2.45, 2.75) is 12.5 Å². The van der Waals surface area contributed by atoms with Crippen LogP contribution in [0.5, 0.6) is 0 Å². The van der Waals surface area contributed by atoms with Gasteiger partial charge in [-0.1, -0.05) is 0 Å². The first-order chi connectivity index (χ1) is 8.81. The van der Waals surface area contributed by atoms with Gasteiger partial charge in [-0.15, -0.1) is 0 Å². The van der Waals surface area contributed by atoms with Crippen LogP contribution in [-0.4, -0.2) is 28.9 Å². The summed E-state index contributed by atoms with van der Waals surface area (Å²) in [6.45, 7) is 0. The Morgan fingerprint density at radius 3 is 2.47 bits per heavy atom. The maximum atomic E-state index is 11.8. The Balaban J connectivity index is 2.84. The number of hydrogen-bond acceptors (Lipinski definition) is 4. The van der Waals surface area contributed by atoms with E-state index < -0.39 is 30.2 Å². The van der Waals surface area contributed by atoms with Gasteiger partial charge in [0, 0.05) is 15.7 Å². The number of carboxylic acids is 1. The number of primary amides is 1. The van der Waals surface area contributed by atoms with E-state index in [0.717, 1.165) is 0 Å². The molecule has 8 heteroatoms. The zero-order chi connectivity index (χ0) is 14.6. The third-order valence-electron chi connectivity index (χ3n) is 2.27. The van der Waals surface area contributed by atoms with Crippen molar-refractivity contribution in [1.82, 2.24) is 5.32 Å². The van der Waals surface area contributed by atoms with Crippen molar-refractivity contribution in [3.63, 3.8) is 0 Å². The summed E-state index contributed by atoms with van der Waals surface area (Å²) in [5.74, 6) is -2.78. The monoisotopic (exact) mass is 329 g/mol. The highest BCUT2D eigenvalue weighted by molar-refractivity contribution is 9.10. The summed E-state index contributed by atoms with van der Waals surface area (Å²) in [6, 6.07) is 3.04. The topological polar surface area (TPSA) is 136 Å². The molecule has 0 aliphatic carbocycles. The van der Waals surface area contributed by atoms with Gasteiger partial charge < -0.3 is 21.9 Å². The van der Waals surface area contributed by atoms with E-state index >= 15 is 0 Å². The summed E-state index contributed by atoms with van der Waals surface area (Å²) >= 11 is 3.15. The molecular weight excluding hydrogens is 318 g/mol. The van der Waals surface area contributed by atoms with Crippen LogP contribution in [0.15, 0.2) is 22.7 Å². The molecular formula is C11H12BrN3O4. The Labute approximate surface area is 117 Å². The fourth-order valence-electron chi connectivity index (χ4n) is 1.31. The first kappa shape index (κ1) is 15.0. The maximum absolute atomic E-state index is 11.8. The molecule has 1 aromatic rings. The molecule has 0 spiro atoms. The van der Waals surface area contributed by atoms with Gasteiger partial charge in [0.2, 0.25) is 5.91 Å². The molecule has 19 heavy (non-hydrogen) atoms. The lowest BCUT2D eigenvalue weighted by atomic mass is 10.1. The van der Waals surface area contributed by atoms with Gasteiger partial charge in [0.1, 0.15) is 6.04 Å². The Hall–Kier alpha value is -2.09. The number of carboxylic acid groups (broad SMARTS) is 1. The second-order valence-corrected chi connectivity index (χ2v) is 4.63. The van der Waals surface area contributed by atoms with E-state index in [4.69, 9.17) is 16.6 Å². The third kappa shape index (κ3) is 4.25. The molecule has 7 nitrogen and oxygen atoms in total. The summed E-state index contributed by atoms with van der Waals surface area (Å²) in [6.07, 6.45) is -0.475. The average molecular weight is 330 g/mol. The molecule has 0 heterocycles. The van der Waals surface area contributed by atoms with E-state index in [1.807, 2.05) is 0 Å². The molecule has 0 unspecified atom stereocenters. The molecule has 1 aromatic carbocycles. The highest BCUT2D eigenvalue weighted by Gasteiger charge is 2.22. The zero-order valence-corrected chi connectivity index (χ0v) is 11.3. The minimum absolute atomic E-state index is 0.219. The van der Waals surface area contributed by atoms with Crippen LogP contribution in [0, 0.1) is 0 Å². The number of hydrogen-bond donors (Lipinski definition) is 4. The van der Waals surface area contributed by atoms with Gasteiger partial charge in [-0.3, -0.25) is 9.59 Å². The van der Waals surface area contributed by atoms with Crippen molar-refractivity contribution in [3.05, 3.63) is 28.2 Å². The molecule has 0 radical (unpaired) electrons. The first-order valence-electron chi connectivity index (χ1n) is 5.18. The quantitative estimate of drug-likeness (QED) is 0.567. The van der Waals surface area contributed by atoms with Crippen LogP contribution in [0.25, 0.3) is 0 Å². The van der Waals surface area contributed by atoms with Gasteiger partial charge in [0.25, 0.3) is 5.91 Å². The van der Waals surface area contributed by atoms with Crippen molar-refractivity contribution in [2.75, 3.05) is 5.73 Å². The molecule has 0 aromatic heterocycles. The summed E-state index contributed by atoms with van der Waals surface area (Å²) in [4.78, 5) is 33.4. The van der Waals surface area contributed by atoms with Crippen LogP contribution in [-0.2, 0) is 9.59 Å². The van der Waals surface area contributed by atoms with E-state index in [-0.39, 0.29) is 5.56 Å². The molecule has 2 amide bonds. The van der Waals surface area contributed by atoms with E-state index in [1.54, 1.807) is 0 Å². The van der Waals surface area contributed by atoms with Gasteiger partial charge in [0.05, 0.1) is 6.42 Å². The molecule has 102 valence electrons. The molecule has 0 saturated heterocycles. The number of nitrogens with two attached hydrogens (primary N) is 2. The maximum Gasteiger partial charge on any atom is 0.326 e. The molecule has 1 atom stereocenters. The van der Waals surface area contributed by atoms with Crippen LogP contribution in [0.3, 0.4) is 0 Å². The van der Waals surface area contributed by atoms with Crippen molar-refractivity contribution in [2.24, 2.45) is 5.73 Å². The van der Waals surface area contributed by atoms with Crippen molar-refractivity contribution in [1.29, 1.82) is 0 Å². The molecule has 6 N–H and O–H groups in total. The SMILES string of the molecule is NC(=O)C[C@H](NC(=O)c1ccc(N)c(Br)c1)C(=O)O. The summed E-state index contributed by atoms with van der Waals surface area (Å²) in [5, 5.41) is 11.1. The van der Waals surface area contributed by atoms with Crippen molar-refractivity contribution in [3.8, 4) is 0 Å². The Morgan fingerprint density at radius 2 is 2.00 bits per heavy atom. The van der Waals surface area contributed by atoms with Crippen LogP contribution < -0.4 is 16.8 Å². The number of amides is 2. The normalized spacial score (nSPS) is 11.6. The number of carbonyl (C=O) groups is 3. The number of aliphatic carboxylic acids is 1. The molecule has 0 aliphatic heterocycles. The van der Waals surface area contributed by atoms with Gasteiger partial charge in [0.15, 0.2) is 0 Å². The second-order valence-electron chi connectivity index (χ2n) is 3.77. The van der Waals surface area contributed by atoms with Gasteiger partial charge in [-0.05, 0) is 34.1 Å². The lowest BCUT2D eigenvalue weighted by Crippen LogP contribution is -2.43. The Morgan fingerprint density at radius 1 is 1.37 bits per heavy atom. The van der Waals surface area contributed by atoms with E-state index in [9.17, 15) is 14.4 Å². The lowest BCUT2D eigenvalue weighted by Gasteiger charge is -2.13. The predicted molar refractivity (Wildman–Crippen MR) is 71.3 cm³/mol. The molecule has 1 rings (SSSR count). The van der Waals surface area contributed by atoms with Crippen LogP contribution in [0.2, 0.25) is 0 Å². The smallest absolute Gasteiger partial charge is 0.326 e. The van der Waals surface area contributed by atoms with Crippen molar-refractivity contribution < 1.29 is 19.5 Å². The van der Waals surface area contributed by atoms with E-state index in [1.165, 1.54) is 18.2 Å². The minimum atomic E-state index is -1.36. The van der Waals surface area contributed by atoms with Crippen molar-refractivity contribution >= 4 is 39.4 Å². The molecule has 0 saturated carbocycles. The number of nitrogens with one attached hydrogen (secondary N) is 1. The Bertz CT molecular complexity index is 533. The minimum Gasteiger partial charge on any atom is -0.480 e. The van der Waals surface area contributed by atoms with Crippen LogP contribution >= 0.6 is 15.9 Å². The van der Waals surface area contributed by atoms with E-state index in [2.05, 4.69) is 21.2 Å². The number of rotatable bonds is 5. The number of benzene rings is 1. The second kappa shape index (κ2) is 6.19. The van der Waals surface area contributed by atoms with Crippen LogP contribution in [0.1, 0.15) is 16.8 Å². The van der Waals surface area contributed by atoms with Gasteiger partial charge >= 0.3 is 5.97 Å². The average Bonchev–Trinajstić information content (AvgIpc) is 2.31. The largest absolute Gasteiger partial charge is 0.480 e. The number of halogens is 1. The fraction of sp³-hybridized carbons (Fsp3) is 0.182. The molecule has 0 fully saturated rings. The Kier molecular flexibility index (Phi) is 4.87. The summed E-state index contributed by atoms with van der Waals surface area (Å²) in [7, 11) is 0. The zero-order valence-electron chi connectivity index (χ0n) is 9.72. The molecule has 0 bridgehead atoms. The predicted octanol–water partition coefficient (Wildman–Crippen LogP) is 0.0897. The number of anilines is 1. The standard InChI is InChI=1S/C11H12BrN3O4/c12-6-3-5(1-2-7(6)13)10(17)15-8(11(18)19)4-9(14)16/h1-3,8H,4,13H2,(H2,14,16)(H,15,17)(H,18,19)/t8-/m0/s1.